The number of nitrogens with zero attached hydrogens (tertiary/aromatic N) is 1. The molecule has 0 radical (unpaired) electrons. The van der Waals surface area contributed by atoms with Gasteiger partial charge in [0.05, 0.1) is 6.10 Å². The fourth-order valence-electron chi connectivity index (χ4n) is 1.70. The number of aryl methyl sites for hydroxylation is 1. The van der Waals surface area contributed by atoms with Gasteiger partial charge in [0.1, 0.15) is 0 Å². The average molecular weight is 282 g/mol. The summed E-state index contributed by atoms with van der Waals surface area (Å²) in [4.78, 5) is 4.26. The molecule has 4 heteroatoms. The van der Waals surface area contributed by atoms with Crippen LogP contribution in [0.2, 0.25) is 10.0 Å². The van der Waals surface area contributed by atoms with Gasteiger partial charge in [-0.2, -0.15) is 0 Å². The minimum absolute atomic E-state index is 0.441. The Morgan fingerprint density at radius 2 is 1.83 bits per heavy atom. The van der Waals surface area contributed by atoms with E-state index in [1.54, 1.807) is 24.4 Å². The number of rotatable bonds is 3. The molecule has 0 aliphatic heterocycles. The highest BCUT2D eigenvalue weighted by Crippen LogP contribution is 2.25. The van der Waals surface area contributed by atoms with E-state index >= 15 is 0 Å². The molecule has 0 saturated heterocycles. The van der Waals surface area contributed by atoms with Crippen LogP contribution in [0.3, 0.4) is 0 Å². The Hall–Kier alpha value is -1.09. The molecule has 1 N–H and O–H groups in total. The first-order valence-electron chi connectivity index (χ1n) is 5.60. The van der Waals surface area contributed by atoms with E-state index in [1.165, 1.54) is 0 Å². The molecule has 1 aromatic heterocycles. The minimum atomic E-state index is -0.656. The topological polar surface area (TPSA) is 33.1 Å². The van der Waals surface area contributed by atoms with Crippen LogP contribution in [0.5, 0.6) is 0 Å². The number of aliphatic hydroxyl groups excluding tert-OH is 1. The normalized spacial score (nSPS) is 12.4. The first-order chi connectivity index (χ1) is 8.54. The number of aliphatic hydroxyl groups is 1. The van der Waals surface area contributed by atoms with Gasteiger partial charge in [-0.3, -0.25) is 4.98 Å². The molecule has 0 aliphatic rings. The monoisotopic (exact) mass is 281 g/mol. The Morgan fingerprint density at radius 1 is 1.17 bits per heavy atom. The predicted molar refractivity (Wildman–Crippen MR) is 74.1 cm³/mol. The van der Waals surface area contributed by atoms with Crippen molar-refractivity contribution in [2.24, 2.45) is 0 Å². The van der Waals surface area contributed by atoms with E-state index in [4.69, 9.17) is 23.2 Å². The Morgan fingerprint density at radius 3 is 2.39 bits per heavy atom. The molecular formula is C14H13Cl2NO. The number of benzene rings is 1. The van der Waals surface area contributed by atoms with Crippen LogP contribution in [0, 0.1) is 6.92 Å². The summed E-state index contributed by atoms with van der Waals surface area (Å²) in [6, 6.07) is 8.95. The van der Waals surface area contributed by atoms with Crippen LogP contribution in [-0.4, -0.2) is 10.1 Å². The number of pyridine rings is 1. The average Bonchev–Trinajstić information content (AvgIpc) is 2.31. The van der Waals surface area contributed by atoms with Crippen molar-refractivity contribution in [1.29, 1.82) is 0 Å². The van der Waals surface area contributed by atoms with E-state index < -0.39 is 6.10 Å². The number of hydrogen-bond donors (Lipinski definition) is 1. The van der Waals surface area contributed by atoms with Crippen molar-refractivity contribution >= 4 is 23.2 Å². The van der Waals surface area contributed by atoms with E-state index in [9.17, 15) is 5.11 Å². The zero-order valence-corrected chi connectivity index (χ0v) is 11.4. The van der Waals surface area contributed by atoms with Crippen molar-refractivity contribution in [3.8, 4) is 0 Å². The minimum Gasteiger partial charge on any atom is -0.388 e. The summed E-state index contributed by atoms with van der Waals surface area (Å²) in [5, 5.41) is 11.2. The smallest absolute Gasteiger partial charge is 0.0846 e. The highest BCUT2D eigenvalue weighted by Gasteiger charge is 2.11. The summed E-state index contributed by atoms with van der Waals surface area (Å²) in [5.74, 6) is 0. The maximum absolute atomic E-state index is 10.1. The molecule has 0 spiro atoms. The van der Waals surface area contributed by atoms with Crippen molar-refractivity contribution in [3.05, 3.63) is 63.4 Å². The van der Waals surface area contributed by atoms with Crippen molar-refractivity contribution in [1.82, 2.24) is 4.98 Å². The van der Waals surface area contributed by atoms with Crippen LogP contribution >= 0.6 is 23.2 Å². The summed E-state index contributed by atoms with van der Waals surface area (Å²) < 4.78 is 0. The van der Waals surface area contributed by atoms with Gasteiger partial charge in [0, 0.05) is 28.4 Å². The Kier molecular flexibility index (Phi) is 4.23. The lowest BCUT2D eigenvalue weighted by Gasteiger charge is -2.11. The highest BCUT2D eigenvalue weighted by molar-refractivity contribution is 6.34. The molecule has 0 amide bonds. The zero-order valence-electron chi connectivity index (χ0n) is 9.90. The zero-order chi connectivity index (χ0) is 13.1. The van der Waals surface area contributed by atoms with Crippen LogP contribution in [-0.2, 0) is 6.42 Å². The number of hydrogen-bond acceptors (Lipinski definition) is 2. The van der Waals surface area contributed by atoms with Gasteiger partial charge in [0.2, 0.25) is 0 Å². The van der Waals surface area contributed by atoms with Gasteiger partial charge < -0.3 is 5.11 Å². The summed E-state index contributed by atoms with van der Waals surface area (Å²) in [5.41, 5.74) is 2.64. The van der Waals surface area contributed by atoms with E-state index in [1.807, 2.05) is 19.1 Å². The van der Waals surface area contributed by atoms with E-state index in [2.05, 4.69) is 4.98 Å². The molecule has 1 heterocycles. The van der Waals surface area contributed by atoms with Crippen molar-refractivity contribution in [3.63, 3.8) is 0 Å². The summed E-state index contributed by atoms with van der Waals surface area (Å²) in [7, 11) is 0. The van der Waals surface area contributed by atoms with Gasteiger partial charge in [-0.1, -0.05) is 29.3 Å². The fourth-order valence-corrected chi connectivity index (χ4v) is 2.25. The Bertz CT molecular complexity index is 520. The number of aromatic nitrogens is 1. The molecule has 1 aromatic carbocycles. The highest BCUT2D eigenvalue weighted by atomic mass is 35.5. The largest absolute Gasteiger partial charge is 0.388 e. The fraction of sp³-hybridized carbons (Fsp3) is 0.214. The van der Waals surface area contributed by atoms with Gasteiger partial charge in [-0.15, -0.1) is 0 Å². The van der Waals surface area contributed by atoms with Gasteiger partial charge in [-0.05, 0) is 42.3 Å². The molecule has 94 valence electrons. The first-order valence-corrected chi connectivity index (χ1v) is 6.36. The molecule has 0 saturated carbocycles. The molecule has 2 aromatic rings. The molecular weight excluding hydrogens is 269 g/mol. The second kappa shape index (κ2) is 5.70. The molecule has 1 unspecified atom stereocenters. The Balaban J connectivity index is 2.16. The lowest BCUT2D eigenvalue weighted by atomic mass is 10.0. The van der Waals surface area contributed by atoms with E-state index in [0.29, 0.717) is 22.0 Å². The summed E-state index contributed by atoms with van der Waals surface area (Å²) in [6.45, 7) is 1.98. The maximum atomic E-state index is 10.1. The second-order valence-corrected chi connectivity index (χ2v) is 5.12. The van der Waals surface area contributed by atoms with E-state index in [-0.39, 0.29) is 0 Å². The lowest BCUT2D eigenvalue weighted by Crippen LogP contribution is -2.03. The van der Waals surface area contributed by atoms with Crippen LogP contribution in [0.25, 0.3) is 0 Å². The molecule has 1 atom stereocenters. The molecule has 2 rings (SSSR count). The molecule has 2 nitrogen and oxygen atoms in total. The first kappa shape index (κ1) is 13.3. The third-order valence-corrected chi connectivity index (χ3v) is 3.08. The quantitative estimate of drug-likeness (QED) is 0.923. The molecule has 0 bridgehead atoms. The summed E-state index contributed by atoms with van der Waals surface area (Å²) in [6.07, 6.45) is 1.57. The molecule has 18 heavy (non-hydrogen) atoms. The third kappa shape index (κ3) is 3.45. The molecule has 0 fully saturated rings. The van der Waals surface area contributed by atoms with Crippen molar-refractivity contribution in [2.45, 2.75) is 19.4 Å². The maximum Gasteiger partial charge on any atom is 0.0846 e. The SMILES string of the molecule is Cc1ccc(CC(O)c2cc(Cl)cc(Cl)c2)nc1. The predicted octanol–water partition coefficient (Wildman–Crippen LogP) is 3.97. The Labute approximate surface area is 116 Å². The van der Waals surface area contributed by atoms with Gasteiger partial charge in [-0.25, -0.2) is 0 Å². The van der Waals surface area contributed by atoms with Crippen molar-refractivity contribution in [2.75, 3.05) is 0 Å². The third-order valence-electron chi connectivity index (χ3n) is 2.64. The molecule has 0 aliphatic carbocycles. The van der Waals surface area contributed by atoms with Gasteiger partial charge in [0.25, 0.3) is 0 Å². The lowest BCUT2D eigenvalue weighted by molar-refractivity contribution is 0.177. The van der Waals surface area contributed by atoms with Crippen LogP contribution in [0.1, 0.15) is 22.9 Å². The number of halogens is 2. The van der Waals surface area contributed by atoms with Crippen molar-refractivity contribution < 1.29 is 5.11 Å². The van der Waals surface area contributed by atoms with Crippen LogP contribution in [0.15, 0.2) is 36.5 Å². The standard InChI is InChI=1S/C14H13Cl2NO/c1-9-2-3-13(17-8-9)7-14(18)10-4-11(15)6-12(16)5-10/h2-6,8,14,18H,7H2,1H3. The second-order valence-electron chi connectivity index (χ2n) is 4.25. The van der Waals surface area contributed by atoms with Gasteiger partial charge >= 0.3 is 0 Å². The van der Waals surface area contributed by atoms with Crippen LogP contribution < -0.4 is 0 Å². The van der Waals surface area contributed by atoms with Gasteiger partial charge in [0.15, 0.2) is 0 Å². The van der Waals surface area contributed by atoms with E-state index in [0.717, 1.165) is 11.3 Å². The summed E-state index contributed by atoms with van der Waals surface area (Å²) >= 11 is 11.8. The van der Waals surface area contributed by atoms with Crippen LogP contribution in [0.4, 0.5) is 0 Å².